The van der Waals surface area contributed by atoms with Crippen molar-refractivity contribution in [2.75, 3.05) is 6.61 Å². The molecule has 1 atom stereocenters. The molecule has 0 aliphatic carbocycles. The van der Waals surface area contributed by atoms with Crippen LogP contribution >= 0.6 is 0 Å². The molecule has 2 N–H and O–H groups in total. The summed E-state index contributed by atoms with van der Waals surface area (Å²) >= 11 is 0. The van der Waals surface area contributed by atoms with Crippen LogP contribution in [-0.2, 0) is 9.53 Å². The van der Waals surface area contributed by atoms with Crippen LogP contribution in [0.4, 0.5) is 8.78 Å². The van der Waals surface area contributed by atoms with E-state index < -0.39 is 24.9 Å². The van der Waals surface area contributed by atoms with Crippen molar-refractivity contribution >= 4 is 5.91 Å². The Morgan fingerprint density at radius 2 is 2.21 bits per heavy atom. The second-order valence-corrected chi connectivity index (χ2v) is 3.10. The van der Waals surface area contributed by atoms with E-state index in [1.807, 2.05) is 6.92 Å². The van der Waals surface area contributed by atoms with Gasteiger partial charge in [0, 0.05) is 0 Å². The van der Waals surface area contributed by atoms with Gasteiger partial charge in [0.25, 0.3) is 5.92 Å². The zero-order chi connectivity index (χ0) is 11.2. The number of carbonyl (C=O) groups excluding carboxylic acids is 1. The number of carbonyl (C=O) groups is 1. The molecule has 1 unspecified atom stereocenters. The molecule has 0 aliphatic rings. The van der Waals surface area contributed by atoms with E-state index in [2.05, 4.69) is 0 Å². The molecule has 0 rings (SSSR count). The molecule has 14 heavy (non-hydrogen) atoms. The first-order valence-electron chi connectivity index (χ1n) is 4.33. The number of rotatable bonds is 6. The van der Waals surface area contributed by atoms with Crippen LogP contribution < -0.4 is 5.48 Å². The lowest BCUT2D eigenvalue weighted by Crippen LogP contribution is -2.33. The number of alkyl halides is 2. The van der Waals surface area contributed by atoms with Crippen LogP contribution in [0.2, 0.25) is 0 Å². The third kappa shape index (κ3) is 5.82. The molecule has 0 aliphatic heterocycles. The minimum absolute atomic E-state index is 0.266. The maximum Gasteiger partial charge on any atom is 0.279 e. The quantitative estimate of drug-likeness (QED) is 0.514. The Kier molecular flexibility index (Phi) is 5.56. The second-order valence-electron chi connectivity index (χ2n) is 3.10. The van der Waals surface area contributed by atoms with Gasteiger partial charge < -0.3 is 4.74 Å². The third-order valence-electron chi connectivity index (χ3n) is 1.70. The summed E-state index contributed by atoms with van der Waals surface area (Å²) in [4.78, 5) is 10.4. The van der Waals surface area contributed by atoms with Gasteiger partial charge in [-0.25, -0.2) is 14.3 Å². The molecular formula is C8H15F2NO3. The Morgan fingerprint density at radius 1 is 1.64 bits per heavy atom. The number of ether oxygens (including phenoxy) is 1. The molecule has 0 spiro atoms. The summed E-state index contributed by atoms with van der Waals surface area (Å²) in [5.41, 5.74) is 1.15. The summed E-state index contributed by atoms with van der Waals surface area (Å²) in [7, 11) is 0. The first-order chi connectivity index (χ1) is 6.41. The number of hydrogen-bond donors (Lipinski definition) is 2. The maximum atomic E-state index is 12.9. The predicted octanol–water partition coefficient (Wildman–Crippen LogP) is 1.33. The highest BCUT2D eigenvalue weighted by atomic mass is 19.3. The lowest BCUT2D eigenvalue weighted by molar-refractivity contribution is -0.144. The van der Waals surface area contributed by atoms with Gasteiger partial charge in [-0.05, 0) is 13.3 Å². The number of halogens is 2. The molecule has 4 nitrogen and oxygen atoms in total. The highest BCUT2D eigenvalue weighted by molar-refractivity contribution is 5.75. The minimum atomic E-state index is -3.24. The van der Waals surface area contributed by atoms with Crippen LogP contribution in [0.3, 0.4) is 0 Å². The number of amides is 1. The van der Waals surface area contributed by atoms with Gasteiger partial charge in [0.05, 0.1) is 12.5 Å². The van der Waals surface area contributed by atoms with Crippen molar-refractivity contribution in [3.63, 3.8) is 0 Å². The summed E-state index contributed by atoms with van der Waals surface area (Å²) in [5, 5.41) is 8.05. The zero-order valence-electron chi connectivity index (χ0n) is 8.22. The van der Waals surface area contributed by atoms with Gasteiger partial charge in [-0.3, -0.25) is 10.0 Å². The first kappa shape index (κ1) is 13.2. The minimum Gasteiger partial charge on any atom is -0.372 e. The van der Waals surface area contributed by atoms with Gasteiger partial charge >= 0.3 is 0 Å². The Balaban J connectivity index is 3.88. The second kappa shape index (κ2) is 5.87. The summed E-state index contributed by atoms with van der Waals surface area (Å²) in [6.07, 6.45) is -0.708. The van der Waals surface area contributed by atoms with Crippen LogP contribution in [0.1, 0.15) is 26.7 Å². The van der Waals surface area contributed by atoms with Gasteiger partial charge in [0.2, 0.25) is 5.91 Å². The van der Waals surface area contributed by atoms with E-state index in [4.69, 9.17) is 9.94 Å². The average molecular weight is 211 g/mol. The molecule has 0 aromatic rings. The average Bonchev–Trinajstić information content (AvgIpc) is 2.13. The SMILES string of the molecule is CCC(C)OCC(F)(F)CC(=O)NO. The number of hydroxylamine groups is 1. The van der Waals surface area contributed by atoms with E-state index in [-0.39, 0.29) is 6.10 Å². The van der Waals surface area contributed by atoms with Crippen molar-refractivity contribution in [3.05, 3.63) is 0 Å². The molecule has 0 radical (unpaired) electrons. The fourth-order valence-electron chi connectivity index (χ4n) is 0.707. The number of hydrogen-bond acceptors (Lipinski definition) is 3. The van der Waals surface area contributed by atoms with Gasteiger partial charge in [0.1, 0.15) is 6.61 Å². The van der Waals surface area contributed by atoms with Gasteiger partial charge in [-0.15, -0.1) is 0 Å². The Bertz CT molecular complexity index is 187. The number of nitrogens with one attached hydrogen (secondary N) is 1. The van der Waals surface area contributed by atoms with E-state index in [1.54, 1.807) is 6.92 Å². The molecule has 84 valence electrons. The summed E-state index contributed by atoms with van der Waals surface area (Å²) < 4.78 is 30.5. The normalized spacial score (nSPS) is 13.8. The largest absolute Gasteiger partial charge is 0.372 e. The Hall–Kier alpha value is -0.750. The van der Waals surface area contributed by atoms with E-state index in [0.717, 1.165) is 5.48 Å². The fourth-order valence-corrected chi connectivity index (χ4v) is 0.707. The van der Waals surface area contributed by atoms with E-state index in [1.165, 1.54) is 0 Å². The summed E-state index contributed by atoms with van der Waals surface area (Å²) in [6.45, 7) is 2.67. The fraction of sp³-hybridized carbons (Fsp3) is 0.875. The molecule has 0 saturated heterocycles. The maximum absolute atomic E-state index is 12.9. The highest BCUT2D eigenvalue weighted by Gasteiger charge is 2.33. The van der Waals surface area contributed by atoms with Gasteiger partial charge in [-0.2, -0.15) is 0 Å². The zero-order valence-corrected chi connectivity index (χ0v) is 8.22. The molecule has 0 heterocycles. The van der Waals surface area contributed by atoms with Crippen LogP contribution in [0.25, 0.3) is 0 Å². The van der Waals surface area contributed by atoms with Gasteiger partial charge in [0.15, 0.2) is 0 Å². The summed E-state index contributed by atoms with van der Waals surface area (Å²) in [5.74, 6) is -4.36. The van der Waals surface area contributed by atoms with Crippen molar-refractivity contribution < 1.29 is 23.5 Å². The summed E-state index contributed by atoms with van der Waals surface area (Å²) in [6, 6.07) is 0. The highest BCUT2D eigenvalue weighted by Crippen LogP contribution is 2.19. The molecular weight excluding hydrogens is 196 g/mol. The van der Waals surface area contributed by atoms with Crippen LogP contribution in [-0.4, -0.2) is 29.7 Å². The molecule has 0 aromatic heterocycles. The standard InChI is InChI=1S/C8H15F2NO3/c1-3-6(2)14-5-8(9,10)4-7(12)11-13/h6,13H,3-5H2,1-2H3,(H,11,12). The Labute approximate surface area is 81.2 Å². The van der Waals surface area contributed by atoms with Crippen molar-refractivity contribution in [2.24, 2.45) is 0 Å². The third-order valence-corrected chi connectivity index (χ3v) is 1.70. The first-order valence-corrected chi connectivity index (χ1v) is 4.33. The van der Waals surface area contributed by atoms with Crippen molar-refractivity contribution in [1.29, 1.82) is 0 Å². The van der Waals surface area contributed by atoms with E-state index >= 15 is 0 Å². The molecule has 6 heteroatoms. The van der Waals surface area contributed by atoms with Crippen LogP contribution in [0.5, 0.6) is 0 Å². The Morgan fingerprint density at radius 3 is 2.64 bits per heavy atom. The lowest BCUT2D eigenvalue weighted by Gasteiger charge is -2.18. The topological polar surface area (TPSA) is 58.6 Å². The molecule has 0 saturated carbocycles. The van der Waals surface area contributed by atoms with Gasteiger partial charge in [-0.1, -0.05) is 6.92 Å². The molecule has 1 amide bonds. The van der Waals surface area contributed by atoms with Crippen molar-refractivity contribution in [2.45, 2.75) is 38.7 Å². The molecule has 0 bridgehead atoms. The monoisotopic (exact) mass is 211 g/mol. The van der Waals surface area contributed by atoms with E-state index in [0.29, 0.717) is 6.42 Å². The molecule has 0 aromatic carbocycles. The molecule has 0 fully saturated rings. The van der Waals surface area contributed by atoms with Crippen LogP contribution in [0, 0.1) is 0 Å². The van der Waals surface area contributed by atoms with E-state index in [9.17, 15) is 13.6 Å². The van der Waals surface area contributed by atoms with Crippen LogP contribution in [0.15, 0.2) is 0 Å². The van der Waals surface area contributed by atoms with Crippen molar-refractivity contribution in [1.82, 2.24) is 5.48 Å². The smallest absolute Gasteiger partial charge is 0.279 e. The lowest BCUT2D eigenvalue weighted by atomic mass is 10.2. The van der Waals surface area contributed by atoms with Crippen molar-refractivity contribution in [3.8, 4) is 0 Å². The predicted molar refractivity (Wildman–Crippen MR) is 45.2 cm³/mol.